The molecule has 0 bridgehead atoms. The van der Waals surface area contributed by atoms with E-state index >= 15 is 0 Å². The molecule has 0 radical (unpaired) electrons. The van der Waals surface area contributed by atoms with Gasteiger partial charge in [-0.15, -0.1) is 0 Å². The highest BCUT2D eigenvalue weighted by Crippen LogP contribution is 2.27. The van der Waals surface area contributed by atoms with E-state index in [0.29, 0.717) is 17.5 Å². The fraction of sp³-hybridized carbons (Fsp3) is 0.250. The molecule has 1 atom stereocenters. The number of nitrogens with zero attached hydrogens (tertiary/aromatic N) is 2. The summed E-state index contributed by atoms with van der Waals surface area (Å²) in [6, 6.07) is 15.7. The summed E-state index contributed by atoms with van der Waals surface area (Å²) in [5.41, 5.74) is 0.259. The highest BCUT2D eigenvalue weighted by Gasteiger charge is 2.27. The Morgan fingerprint density at radius 2 is 1.58 bits per heavy atom. The standard InChI is InChI=1S/C24H25N5O2/c1-14(24(2,3)4)26-19-20(22(31)21(19)30)28-18-11-12-25-23(29-18)27-17-10-9-15-7-5-6-8-16(15)13-17/h5-14,26H,1-4H3,(H2,25,27,28,29). The first-order valence-electron chi connectivity index (χ1n) is 10.2. The maximum atomic E-state index is 12.1. The van der Waals surface area contributed by atoms with Crippen LogP contribution in [0.3, 0.4) is 0 Å². The Labute approximate surface area is 180 Å². The molecule has 1 aromatic heterocycles. The first kappa shape index (κ1) is 20.5. The number of anilines is 5. The van der Waals surface area contributed by atoms with Crippen molar-refractivity contribution < 1.29 is 0 Å². The van der Waals surface area contributed by atoms with Crippen LogP contribution in [-0.4, -0.2) is 16.0 Å². The second kappa shape index (κ2) is 7.83. The second-order valence-electron chi connectivity index (χ2n) is 8.72. The van der Waals surface area contributed by atoms with E-state index < -0.39 is 10.9 Å². The first-order chi connectivity index (χ1) is 14.7. The van der Waals surface area contributed by atoms with Gasteiger partial charge in [-0.25, -0.2) is 4.98 Å². The van der Waals surface area contributed by atoms with Gasteiger partial charge in [-0.05, 0) is 41.3 Å². The summed E-state index contributed by atoms with van der Waals surface area (Å²) in [5, 5.41) is 11.6. The van der Waals surface area contributed by atoms with E-state index in [4.69, 9.17) is 0 Å². The summed E-state index contributed by atoms with van der Waals surface area (Å²) in [6.45, 7) is 8.19. The molecule has 4 aromatic rings. The van der Waals surface area contributed by atoms with Crippen molar-refractivity contribution in [2.24, 2.45) is 5.41 Å². The zero-order valence-corrected chi connectivity index (χ0v) is 18.0. The van der Waals surface area contributed by atoms with E-state index in [-0.39, 0.29) is 17.1 Å². The first-order valence-corrected chi connectivity index (χ1v) is 10.2. The predicted molar refractivity (Wildman–Crippen MR) is 126 cm³/mol. The third-order valence-electron chi connectivity index (χ3n) is 5.48. The molecular formula is C24H25N5O2. The van der Waals surface area contributed by atoms with Crippen LogP contribution in [0.15, 0.2) is 64.3 Å². The molecule has 7 nitrogen and oxygen atoms in total. The Morgan fingerprint density at radius 1 is 0.871 bits per heavy atom. The van der Waals surface area contributed by atoms with Crippen LogP contribution in [0.5, 0.6) is 0 Å². The molecule has 0 amide bonds. The Balaban J connectivity index is 1.53. The van der Waals surface area contributed by atoms with Crippen molar-refractivity contribution in [1.82, 2.24) is 9.97 Å². The molecule has 31 heavy (non-hydrogen) atoms. The summed E-state index contributed by atoms with van der Waals surface area (Å²) in [4.78, 5) is 32.9. The number of rotatable bonds is 6. The lowest BCUT2D eigenvalue weighted by Crippen LogP contribution is -2.41. The Bertz CT molecular complexity index is 1320. The molecule has 4 rings (SSSR count). The van der Waals surface area contributed by atoms with Crippen molar-refractivity contribution in [3.8, 4) is 0 Å². The fourth-order valence-electron chi connectivity index (χ4n) is 3.09. The minimum absolute atomic E-state index is 0.00637. The summed E-state index contributed by atoms with van der Waals surface area (Å²) in [6.07, 6.45) is 1.59. The monoisotopic (exact) mass is 415 g/mol. The molecule has 3 aromatic carbocycles. The smallest absolute Gasteiger partial charge is 0.253 e. The van der Waals surface area contributed by atoms with Gasteiger partial charge in [-0.1, -0.05) is 51.1 Å². The molecule has 0 saturated heterocycles. The number of fused-ring (bicyclic) bond motifs is 1. The molecule has 7 heteroatoms. The number of benzene rings is 2. The van der Waals surface area contributed by atoms with Crippen molar-refractivity contribution in [3.05, 3.63) is 75.2 Å². The van der Waals surface area contributed by atoms with Crippen molar-refractivity contribution in [1.29, 1.82) is 0 Å². The lowest BCUT2D eigenvalue weighted by Gasteiger charge is -2.30. The van der Waals surface area contributed by atoms with Crippen molar-refractivity contribution in [3.63, 3.8) is 0 Å². The molecule has 0 aliphatic carbocycles. The van der Waals surface area contributed by atoms with Crippen LogP contribution in [-0.2, 0) is 0 Å². The quantitative estimate of drug-likeness (QED) is 0.397. The third-order valence-corrected chi connectivity index (χ3v) is 5.48. The molecule has 1 unspecified atom stereocenters. The molecule has 3 N–H and O–H groups in total. The predicted octanol–water partition coefficient (Wildman–Crippen LogP) is 4.56. The minimum Gasteiger partial charge on any atom is -0.377 e. The van der Waals surface area contributed by atoms with Crippen molar-refractivity contribution in [2.75, 3.05) is 16.0 Å². The van der Waals surface area contributed by atoms with Crippen LogP contribution < -0.4 is 26.8 Å². The zero-order chi connectivity index (χ0) is 22.2. The van der Waals surface area contributed by atoms with Gasteiger partial charge in [0.15, 0.2) is 0 Å². The van der Waals surface area contributed by atoms with Crippen LogP contribution in [0.4, 0.5) is 28.8 Å². The van der Waals surface area contributed by atoms with E-state index in [1.54, 1.807) is 12.3 Å². The van der Waals surface area contributed by atoms with Gasteiger partial charge < -0.3 is 16.0 Å². The average Bonchev–Trinajstić information content (AvgIpc) is 2.75. The molecule has 0 spiro atoms. The SMILES string of the molecule is CC(Nc1c(Nc2ccnc(Nc3ccc4ccccc4c3)n2)c(=O)c1=O)C(C)(C)C. The Hall–Kier alpha value is -3.74. The fourth-order valence-corrected chi connectivity index (χ4v) is 3.09. The summed E-state index contributed by atoms with van der Waals surface area (Å²) < 4.78 is 0. The van der Waals surface area contributed by atoms with E-state index in [0.717, 1.165) is 16.5 Å². The van der Waals surface area contributed by atoms with Crippen molar-refractivity contribution >= 4 is 39.6 Å². The second-order valence-corrected chi connectivity index (χ2v) is 8.72. The van der Waals surface area contributed by atoms with Crippen LogP contribution in [0.1, 0.15) is 27.7 Å². The molecular weight excluding hydrogens is 390 g/mol. The van der Waals surface area contributed by atoms with Gasteiger partial charge in [-0.3, -0.25) is 9.59 Å². The average molecular weight is 415 g/mol. The molecule has 1 heterocycles. The molecule has 0 fully saturated rings. The number of hydrogen-bond donors (Lipinski definition) is 3. The highest BCUT2D eigenvalue weighted by molar-refractivity contribution is 5.86. The van der Waals surface area contributed by atoms with Crippen LogP contribution in [0, 0.1) is 5.41 Å². The van der Waals surface area contributed by atoms with Crippen LogP contribution in [0.2, 0.25) is 0 Å². The van der Waals surface area contributed by atoms with Crippen LogP contribution in [0.25, 0.3) is 10.8 Å². The molecule has 158 valence electrons. The maximum Gasteiger partial charge on any atom is 0.253 e. The normalized spacial score (nSPS) is 12.6. The van der Waals surface area contributed by atoms with Crippen molar-refractivity contribution in [2.45, 2.75) is 33.7 Å². The summed E-state index contributed by atoms with van der Waals surface area (Å²) in [7, 11) is 0. The van der Waals surface area contributed by atoms with Crippen LogP contribution >= 0.6 is 0 Å². The Kier molecular flexibility index (Phi) is 5.19. The van der Waals surface area contributed by atoms with Gasteiger partial charge in [0.05, 0.1) is 0 Å². The summed E-state index contributed by atoms with van der Waals surface area (Å²) in [5.74, 6) is 0.813. The number of hydrogen-bond acceptors (Lipinski definition) is 7. The minimum atomic E-state index is -0.550. The lowest BCUT2D eigenvalue weighted by molar-refractivity contribution is 0.359. The maximum absolute atomic E-state index is 12.1. The third kappa shape index (κ3) is 4.26. The zero-order valence-electron chi connectivity index (χ0n) is 18.0. The van der Waals surface area contributed by atoms with Gasteiger partial charge in [0.1, 0.15) is 17.2 Å². The molecule has 0 aliphatic rings. The van der Waals surface area contributed by atoms with E-state index in [9.17, 15) is 9.59 Å². The van der Waals surface area contributed by atoms with Gasteiger partial charge in [0.25, 0.3) is 10.9 Å². The lowest BCUT2D eigenvalue weighted by atomic mass is 9.87. The van der Waals surface area contributed by atoms with E-state index in [1.165, 1.54) is 0 Å². The van der Waals surface area contributed by atoms with Gasteiger partial charge >= 0.3 is 0 Å². The van der Waals surface area contributed by atoms with Gasteiger partial charge in [0.2, 0.25) is 5.95 Å². The number of nitrogens with one attached hydrogen (secondary N) is 3. The van der Waals surface area contributed by atoms with E-state index in [2.05, 4.69) is 52.8 Å². The largest absolute Gasteiger partial charge is 0.377 e. The van der Waals surface area contributed by atoms with Gasteiger partial charge in [-0.2, -0.15) is 4.98 Å². The van der Waals surface area contributed by atoms with Gasteiger partial charge in [0, 0.05) is 17.9 Å². The molecule has 0 saturated carbocycles. The topological polar surface area (TPSA) is 96.0 Å². The Morgan fingerprint density at radius 3 is 2.32 bits per heavy atom. The number of aromatic nitrogens is 2. The summed E-state index contributed by atoms with van der Waals surface area (Å²) >= 11 is 0. The molecule has 0 aliphatic heterocycles. The van der Waals surface area contributed by atoms with E-state index in [1.807, 2.05) is 43.3 Å². The highest BCUT2D eigenvalue weighted by atomic mass is 16.2.